The van der Waals surface area contributed by atoms with E-state index < -0.39 is 5.97 Å². The third-order valence-electron chi connectivity index (χ3n) is 5.89. The smallest absolute Gasteiger partial charge is 0.323 e. The largest absolute Gasteiger partial charge is 0.497 e. The van der Waals surface area contributed by atoms with Gasteiger partial charge >= 0.3 is 5.97 Å². The Morgan fingerprint density at radius 3 is 2.71 bits per heavy atom. The highest BCUT2D eigenvalue weighted by molar-refractivity contribution is 5.87. The highest BCUT2D eigenvalue weighted by Crippen LogP contribution is 2.33. The van der Waals surface area contributed by atoms with E-state index in [4.69, 9.17) is 4.74 Å². The molecule has 31 heavy (non-hydrogen) atoms. The van der Waals surface area contributed by atoms with Gasteiger partial charge in [0.2, 0.25) is 5.91 Å². The average Bonchev–Trinajstić information content (AvgIpc) is 3.04. The molecule has 1 atom stereocenters. The Balaban J connectivity index is 1.45. The van der Waals surface area contributed by atoms with Gasteiger partial charge < -0.3 is 19.7 Å². The van der Waals surface area contributed by atoms with Crippen LogP contribution in [0, 0.1) is 5.82 Å². The summed E-state index contributed by atoms with van der Waals surface area (Å²) in [6.45, 7) is -0.156. The Morgan fingerprint density at radius 1 is 1.23 bits per heavy atom. The third-order valence-corrected chi connectivity index (χ3v) is 5.89. The van der Waals surface area contributed by atoms with Crippen molar-refractivity contribution in [2.75, 3.05) is 7.11 Å². The van der Waals surface area contributed by atoms with E-state index in [0.717, 1.165) is 39.9 Å². The number of ether oxygens (including phenoxy) is 1. The quantitative estimate of drug-likeness (QED) is 0.609. The molecule has 0 unspecified atom stereocenters. The van der Waals surface area contributed by atoms with Crippen molar-refractivity contribution in [2.45, 2.75) is 44.7 Å². The van der Waals surface area contributed by atoms with E-state index in [2.05, 4.69) is 5.32 Å². The van der Waals surface area contributed by atoms with E-state index in [9.17, 15) is 19.1 Å². The fourth-order valence-corrected chi connectivity index (χ4v) is 4.41. The lowest BCUT2D eigenvalue weighted by atomic mass is 9.91. The zero-order chi connectivity index (χ0) is 22.0. The van der Waals surface area contributed by atoms with Crippen LogP contribution in [0.25, 0.3) is 10.9 Å². The summed E-state index contributed by atoms with van der Waals surface area (Å²) in [5, 5.41) is 13.1. The van der Waals surface area contributed by atoms with E-state index in [1.165, 1.54) is 12.1 Å². The number of halogens is 1. The second-order valence-corrected chi connectivity index (χ2v) is 7.92. The van der Waals surface area contributed by atoms with Crippen molar-refractivity contribution in [3.8, 4) is 5.75 Å². The number of nitrogens with one attached hydrogen (secondary N) is 1. The van der Waals surface area contributed by atoms with Crippen molar-refractivity contribution in [3.05, 3.63) is 65.1 Å². The molecule has 0 aliphatic heterocycles. The Kier molecular flexibility index (Phi) is 5.93. The summed E-state index contributed by atoms with van der Waals surface area (Å²) in [7, 11) is 1.62. The summed E-state index contributed by atoms with van der Waals surface area (Å²) in [6.07, 6.45) is 2.94. The van der Waals surface area contributed by atoms with Crippen LogP contribution < -0.4 is 10.1 Å². The molecule has 0 bridgehead atoms. The Morgan fingerprint density at radius 2 is 2.00 bits per heavy atom. The van der Waals surface area contributed by atoms with Crippen LogP contribution in [-0.2, 0) is 35.4 Å². The first-order chi connectivity index (χ1) is 14.9. The first-order valence-electron chi connectivity index (χ1n) is 10.4. The maximum Gasteiger partial charge on any atom is 0.323 e. The summed E-state index contributed by atoms with van der Waals surface area (Å²) in [5.74, 6) is -0.527. The van der Waals surface area contributed by atoms with Crippen LogP contribution in [0.4, 0.5) is 4.39 Å². The van der Waals surface area contributed by atoms with E-state index in [1.807, 2.05) is 24.3 Å². The van der Waals surface area contributed by atoms with Crippen molar-refractivity contribution >= 4 is 22.8 Å². The van der Waals surface area contributed by atoms with Crippen molar-refractivity contribution in [3.63, 3.8) is 0 Å². The number of hydrogen-bond acceptors (Lipinski definition) is 3. The molecule has 2 N–H and O–H groups in total. The fourth-order valence-electron chi connectivity index (χ4n) is 4.41. The van der Waals surface area contributed by atoms with Gasteiger partial charge in [0.05, 0.1) is 7.11 Å². The van der Waals surface area contributed by atoms with Crippen molar-refractivity contribution in [1.82, 2.24) is 9.88 Å². The van der Waals surface area contributed by atoms with Gasteiger partial charge in [-0.2, -0.15) is 0 Å². The molecule has 0 saturated carbocycles. The number of rotatable bonds is 7. The monoisotopic (exact) mass is 424 g/mol. The van der Waals surface area contributed by atoms with Crippen LogP contribution >= 0.6 is 0 Å². The van der Waals surface area contributed by atoms with Crippen molar-refractivity contribution in [1.29, 1.82) is 0 Å². The predicted octanol–water partition coefficient (Wildman–Crippen LogP) is 3.48. The van der Waals surface area contributed by atoms with Gasteiger partial charge in [0.1, 0.15) is 18.1 Å². The number of nitrogens with zero attached hydrogens (tertiary/aromatic N) is 1. The zero-order valence-electron chi connectivity index (χ0n) is 17.4. The van der Waals surface area contributed by atoms with Crippen molar-refractivity contribution < 1.29 is 23.8 Å². The van der Waals surface area contributed by atoms with Crippen molar-refractivity contribution in [2.24, 2.45) is 0 Å². The number of fused-ring (bicyclic) bond motifs is 3. The summed E-state index contributed by atoms with van der Waals surface area (Å²) in [4.78, 5) is 23.8. The van der Waals surface area contributed by atoms with Crippen LogP contribution in [0.3, 0.4) is 0 Å². The maximum absolute atomic E-state index is 13.9. The molecule has 6 nitrogen and oxygen atoms in total. The van der Waals surface area contributed by atoms with Gasteiger partial charge in [-0.05, 0) is 67.1 Å². The van der Waals surface area contributed by atoms with E-state index in [0.29, 0.717) is 25.7 Å². The average molecular weight is 424 g/mol. The molecule has 0 saturated heterocycles. The van der Waals surface area contributed by atoms with Crippen LogP contribution in [0.2, 0.25) is 0 Å². The van der Waals surface area contributed by atoms with Gasteiger partial charge in [-0.1, -0.05) is 12.1 Å². The molecule has 1 amide bonds. The number of amides is 1. The topological polar surface area (TPSA) is 80.6 Å². The van der Waals surface area contributed by atoms with E-state index in [-0.39, 0.29) is 24.3 Å². The Bertz CT molecular complexity index is 1120. The number of aryl methyl sites for hydroxylation is 1. The predicted molar refractivity (Wildman–Crippen MR) is 115 cm³/mol. The minimum absolute atomic E-state index is 0.0234. The normalized spacial score (nSPS) is 15.5. The molecule has 7 heteroatoms. The Hall–Kier alpha value is -3.35. The molecule has 1 aliphatic rings. The summed E-state index contributed by atoms with van der Waals surface area (Å²) < 4.78 is 20.8. The molecule has 1 aliphatic carbocycles. The summed E-state index contributed by atoms with van der Waals surface area (Å²) >= 11 is 0. The van der Waals surface area contributed by atoms with Gasteiger partial charge in [-0.3, -0.25) is 9.59 Å². The molecular weight excluding hydrogens is 399 g/mol. The molecule has 3 aromatic rings. The third kappa shape index (κ3) is 4.55. The second kappa shape index (κ2) is 8.79. The lowest BCUT2D eigenvalue weighted by molar-refractivity contribution is -0.137. The molecule has 2 aromatic carbocycles. The van der Waals surface area contributed by atoms with Crippen LogP contribution in [0.1, 0.15) is 29.7 Å². The van der Waals surface area contributed by atoms with Crippen LogP contribution in [-0.4, -0.2) is 34.7 Å². The Labute approximate surface area is 179 Å². The molecule has 162 valence electrons. The number of carboxylic acid groups (broad SMARTS) is 1. The molecular formula is C24H25FN2O4. The van der Waals surface area contributed by atoms with E-state index in [1.54, 1.807) is 17.7 Å². The molecule has 0 spiro atoms. The number of carboxylic acids is 1. The van der Waals surface area contributed by atoms with Gasteiger partial charge in [-0.25, -0.2) is 4.39 Å². The first kappa shape index (κ1) is 20.9. The highest BCUT2D eigenvalue weighted by Gasteiger charge is 2.27. The van der Waals surface area contributed by atoms with Crippen LogP contribution in [0.5, 0.6) is 5.75 Å². The van der Waals surface area contributed by atoms with Gasteiger partial charge in [-0.15, -0.1) is 0 Å². The number of hydrogen-bond donors (Lipinski definition) is 2. The second-order valence-electron chi connectivity index (χ2n) is 7.92. The fraction of sp³-hybridized carbons (Fsp3) is 0.333. The lowest BCUT2D eigenvalue weighted by Crippen LogP contribution is -2.39. The lowest BCUT2D eigenvalue weighted by Gasteiger charge is -2.25. The minimum atomic E-state index is -0.932. The number of methoxy groups -OCH3 is 1. The summed E-state index contributed by atoms with van der Waals surface area (Å²) in [5.41, 5.74) is 3.64. The maximum atomic E-state index is 13.9. The number of aliphatic carboxylic acids is 1. The highest BCUT2D eigenvalue weighted by atomic mass is 19.1. The standard InChI is InChI=1S/C24H25FN2O4/c1-31-18-7-2-15(3-8-18)4-11-23(28)26-17-6-10-22-20(13-17)19-12-16(25)5-9-21(19)27(22)14-24(29)30/h2-3,5,7-9,12,17H,4,6,10-11,13-14H2,1H3,(H,26,28)(H,29,30)/t17-/m1/s1. The first-order valence-corrected chi connectivity index (χ1v) is 10.4. The summed E-state index contributed by atoms with van der Waals surface area (Å²) in [6, 6.07) is 12.0. The SMILES string of the molecule is COc1ccc(CCC(=O)N[C@@H]2CCc3c(c4cc(F)ccc4n3CC(=O)O)C2)cc1. The molecule has 1 heterocycles. The molecule has 1 aromatic heterocycles. The molecule has 4 rings (SSSR count). The minimum Gasteiger partial charge on any atom is -0.497 e. The number of carbonyl (C=O) groups is 2. The van der Waals surface area contributed by atoms with Gasteiger partial charge in [0.25, 0.3) is 0 Å². The molecule has 0 fully saturated rings. The number of carbonyl (C=O) groups excluding carboxylic acids is 1. The van der Waals surface area contributed by atoms with Crippen LogP contribution in [0.15, 0.2) is 42.5 Å². The molecule has 0 radical (unpaired) electrons. The number of benzene rings is 2. The van der Waals surface area contributed by atoms with Gasteiger partial charge in [0, 0.05) is 29.1 Å². The van der Waals surface area contributed by atoms with E-state index >= 15 is 0 Å². The van der Waals surface area contributed by atoms with Gasteiger partial charge in [0.15, 0.2) is 0 Å². The number of aromatic nitrogens is 1. The zero-order valence-corrected chi connectivity index (χ0v) is 17.4.